The average molecular weight is 258 g/mol. The van der Waals surface area contributed by atoms with E-state index in [9.17, 15) is 0 Å². The van der Waals surface area contributed by atoms with Crippen LogP contribution >= 0.6 is 11.3 Å². The fourth-order valence-electron chi connectivity index (χ4n) is 2.01. The second-order valence-electron chi connectivity index (χ2n) is 3.99. The molecule has 0 aliphatic carbocycles. The zero-order valence-electron chi connectivity index (χ0n) is 10.3. The van der Waals surface area contributed by atoms with Crippen LogP contribution < -0.4 is 5.32 Å². The lowest BCUT2D eigenvalue weighted by atomic mass is 10.3. The molecule has 1 N–H and O–H groups in total. The molecular weight excluding hydrogens is 240 g/mol. The van der Waals surface area contributed by atoms with Crippen LogP contribution in [0.4, 0.5) is 5.13 Å². The molecule has 1 saturated heterocycles. The van der Waals surface area contributed by atoms with Crippen LogP contribution in [0.15, 0.2) is 0 Å². The summed E-state index contributed by atoms with van der Waals surface area (Å²) < 4.78 is 10.8. The first-order valence-electron chi connectivity index (χ1n) is 5.55. The summed E-state index contributed by atoms with van der Waals surface area (Å²) in [6, 6.07) is 0. The molecule has 0 saturated carbocycles. The van der Waals surface area contributed by atoms with Gasteiger partial charge in [-0.05, 0) is 0 Å². The Morgan fingerprint density at radius 2 is 1.94 bits per heavy atom. The van der Waals surface area contributed by atoms with Gasteiger partial charge in [0.25, 0.3) is 0 Å². The summed E-state index contributed by atoms with van der Waals surface area (Å²) in [5, 5.41) is 13.0. The van der Waals surface area contributed by atoms with Gasteiger partial charge in [0.15, 0.2) is 0 Å². The Morgan fingerprint density at radius 1 is 1.29 bits per heavy atom. The first-order chi connectivity index (χ1) is 8.26. The third-order valence-electron chi connectivity index (χ3n) is 2.94. The van der Waals surface area contributed by atoms with Crippen molar-refractivity contribution in [1.29, 1.82) is 0 Å². The summed E-state index contributed by atoms with van der Waals surface area (Å²) in [5.41, 5.74) is 0. The van der Waals surface area contributed by atoms with Gasteiger partial charge in [0, 0.05) is 34.4 Å². The van der Waals surface area contributed by atoms with E-state index in [1.165, 1.54) is 0 Å². The summed E-state index contributed by atoms with van der Waals surface area (Å²) in [7, 11) is 5.30. The molecule has 2 unspecified atom stereocenters. The Kier molecular flexibility index (Phi) is 4.27. The van der Waals surface area contributed by atoms with Crippen LogP contribution in [0.25, 0.3) is 0 Å². The zero-order chi connectivity index (χ0) is 12.3. The molecule has 0 bridgehead atoms. The molecule has 0 spiro atoms. The Hall–Kier alpha value is -0.760. The van der Waals surface area contributed by atoms with Gasteiger partial charge in [0.1, 0.15) is 5.01 Å². The van der Waals surface area contributed by atoms with Gasteiger partial charge in [-0.2, -0.15) is 0 Å². The van der Waals surface area contributed by atoms with Crippen LogP contribution in [-0.4, -0.2) is 61.7 Å². The highest BCUT2D eigenvalue weighted by Gasteiger charge is 2.33. The summed E-state index contributed by atoms with van der Waals surface area (Å²) in [4.78, 5) is 2.28. The van der Waals surface area contributed by atoms with Gasteiger partial charge >= 0.3 is 0 Å². The van der Waals surface area contributed by atoms with Crippen LogP contribution in [0, 0.1) is 0 Å². The molecule has 2 heterocycles. The Labute approximate surface area is 105 Å². The van der Waals surface area contributed by atoms with Gasteiger partial charge in [-0.1, -0.05) is 11.3 Å². The molecule has 0 radical (unpaired) electrons. The smallest absolute Gasteiger partial charge is 0.205 e. The fourth-order valence-corrected chi connectivity index (χ4v) is 2.75. The third-order valence-corrected chi connectivity index (χ3v) is 3.86. The Bertz CT molecular complexity index is 348. The van der Waals surface area contributed by atoms with Crippen LogP contribution in [0.1, 0.15) is 5.01 Å². The van der Waals surface area contributed by atoms with Crippen molar-refractivity contribution in [1.82, 2.24) is 15.1 Å². The predicted octanol–water partition coefficient (Wildman–Crippen LogP) is 0.425. The number of likely N-dealkylation sites (tertiary alicyclic amines) is 1. The lowest BCUT2D eigenvalue weighted by molar-refractivity contribution is -0.00461. The van der Waals surface area contributed by atoms with Gasteiger partial charge in [-0.3, -0.25) is 4.90 Å². The molecule has 7 heteroatoms. The molecule has 6 nitrogen and oxygen atoms in total. The molecule has 0 aromatic carbocycles. The van der Waals surface area contributed by atoms with Crippen molar-refractivity contribution in [2.24, 2.45) is 0 Å². The monoisotopic (exact) mass is 258 g/mol. The van der Waals surface area contributed by atoms with E-state index in [0.717, 1.165) is 29.8 Å². The fraction of sp³-hybridized carbons (Fsp3) is 0.800. The molecule has 96 valence electrons. The maximum absolute atomic E-state index is 5.40. The van der Waals surface area contributed by atoms with E-state index >= 15 is 0 Å². The molecule has 1 aromatic rings. The molecule has 2 rings (SSSR count). The molecule has 2 atom stereocenters. The highest BCUT2D eigenvalue weighted by molar-refractivity contribution is 7.15. The van der Waals surface area contributed by atoms with Crippen LogP contribution in [-0.2, 0) is 16.0 Å². The number of anilines is 1. The lowest BCUT2D eigenvalue weighted by Gasteiger charge is -2.13. The molecule has 17 heavy (non-hydrogen) atoms. The van der Waals surface area contributed by atoms with Gasteiger partial charge in [-0.15, -0.1) is 10.2 Å². The van der Waals surface area contributed by atoms with Crippen molar-refractivity contribution >= 4 is 16.5 Å². The molecule has 1 aliphatic heterocycles. The topological polar surface area (TPSA) is 59.5 Å². The number of hydrogen-bond donors (Lipinski definition) is 1. The van der Waals surface area contributed by atoms with E-state index < -0.39 is 0 Å². The predicted molar refractivity (Wildman–Crippen MR) is 66.3 cm³/mol. The van der Waals surface area contributed by atoms with Crippen molar-refractivity contribution in [2.45, 2.75) is 18.8 Å². The van der Waals surface area contributed by atoms with Gasteiger partial charge in [0.2, 0.25) is 5.13 Å². The summed E-state index contributed by atoms with van der Waals surface area (Å²) in [6.45, 7) is 2.56. The standard InChI is InChI=1S/C10H18N4O2S/c1-11-10-13-12-9(17-10)6-14-4-7(15-2)8(5-14)16-3/h7-8H,4-6H2,1-3H3,(H,11,13). The van der Waals surface area contributed by atoms with Gasteiger partial charge in [-0.25, -0.2) is 0 Å². The number of nitrogens with zero attached hydrogens (tertiary/aromatic N) is 3. The van der Waals surface area contributed by atoms with Crippen molar-refractivity contribution in [3.05, 3.63) is 5.01 Å². The van der Waals surface area contributed by atoms with Crippen molar-refractivity contribution < 1.29 is 9.47 Å². The zero-order valence-corrected chi connectivity index (χ0v) is 11.2. The minimum atomic E-state index is 0.150. The molecule has 0 amide bonds. The van der Waals surface area contributed by atoms with Crippen LogP contribution in [0.2, 0.25) is 0 Å². The maximum Gasteiger partial charge on any atom is 0.205 e. The largest absolute Gasteiger partial charge is 0.377 e. The van der Waals surface area contributed by atoms with Gasteiger partial charge in [0.05, 0.1) is 18.8 Å². The highest BCUT2D eigenvalue weighted by Crippen LogP contribution is 2.21. The number of methoxy groups -OCH3 is 2. The quantitative estimate of drug-likeness (QED) is 0.826. The van der Waals surface area contributed by atoms with E-state index in [-0.39, 0.29) is 12.2 Å². The number of nitrogens with one attached hydrogen (secondary N) is 1. The maximum atomic E-state index is 5.40. The van der Waals surface area contributed by atoms with Crippen molar-refractivity contribution in [2.75, 3.05) is 39.7 Å². The third kappa shape index (κ3) is 2.92. The Balaban J connectivity index is 1.92. The second kappa shape index (κ2) is 5.72. The van der Waals surface area contributed by atoms with Gasteiger partial charge < -0.3 is 14.8 Å². The second-order valence-corrected chi connectivity index (χ2v) is 5.06. The Morgan fingerprint density at radius 3 is 2.41 bits per heavy atom. The summed E-state index contributed by atoms with van der Waals surface area (Å²) in [5.74, 6) is 0. The molecule has 1 fully saturated rings. The van der Waals surface area contributed by atoms with Crippen LogP contribution in [0.5, 0.6) is 0 Å². The molecular formula is C10H18N4O2S. The first kappa shape index (κ1) is 12.7. The number of hydrogen-bond acceptors (Lipinski definition) is 7. The summed E-state index contributed by atoms with van der Waals surface area (Å²) in [6.07, 6.45) is 0.299. The van der Waals surface area contributed by atoms with E-state index in [2.05, 4.69) is 20.4 Å². The van der Waals surface area contributed by atoms with Crippen molar-refractivity contribution in [3.63, 3.8) is 0 Å². The number of aromatic nitrogens is 2. The average Bonchev–Trinajstić information content (AvgIpc) is 2.95. The van der Waals surface area contributed by atoms with E-state index in [1.54, 1.807) is 25.6 Å². The number of rotatable bonds is 5. The molecule has 1 aliphatic rings. The number of ether oxygens (including phenoxy) is 2. The minimum absolute atomic E-state index is 0.150. The van der Waals surface area contributed by atoms with Crippen molar-refractivity contribution in [3.8, 4) is 0 Å². The normalized spacial score (nSPS) is 25.4. The van der Waals surface area contributed by atoms with E-state index in [0.29, 0.717) is 0 Å². The van der Waals surface area contributed by atoms with Crippen LogP contribution in [0.3, 0.4) is 0 Å². The highest BCUT2D eigenvalue weighted by atomic mass is 32.1. The summed E-state index contributed by atoms with van der Waals surface area (Å²) >= 11 is 1.58. The molecule has 1 aromatic heterocycles. The lowest BCUT2D eigenvalue weighted by Crippen LogP contribution is -2.27. The SMILES string of the molecule is CNc1nnc(CN2CC(OC)C(OC)C2)s1. The first-order valence-corrected chi connectivity index (χ1v) is 6.36. The minimum Gasteiger partial charge on any atom is -0.377 e. The van der Waals surface area contributed by atoms with E-state index in [1.807, 2.05) is 7.05 Å². The van der Waals surface area contributed by atoms with E-state index in [4.69, 9.17) is 9.47 Å².